The topological polar surface area (TPSA) is 78.9 Å². The molecule has 0 spiro atoms. The molecule has 0 amide bonds. The summed E-state index contributed by atoms with van der Waals surface area (Å²) in [6, 6.07) is 0. The van der Waals surface area contributed by atoms with Gasteiger partial charge in [-0.1, -0.05) is 256 Å². The van der Waals surface area contributed by atoms with E-state index in [0.29, 0.717) is 19.3 Å². The minimum atomic E-state index is -0.810. The van der Waals surface area contributed by atoms with Gasteiger partial charge in [0, 0.05) is 19.3 Å². The van der Waals surface area contributed by atoms with Crippen molar-refractivity contribution in [2.45, 2.75) is 264 Å². The first-order valence-corrected chi connectivity index (χ1v) is 31.5. The van der Waals surface area contributed by atoms with E-state index < -0.39 is 6.10 Å². The van der Waals surface area contributed by atoms with E-state index in [1.54, 1.807) is 0 Å². The Kier molecular flexibility index (Phi) is 60.4. The molecule has 1 atom stereocenters. The molecule has 0 aromatic heterocycles. The van der Waals surface area contributed by atoms with Crippen LogP contribution >= 0.6 is 0 Å². The Morgan fingerprint density at radius 2 is 0.500 bits per heavy atom. The van der Waals surface area contributed by atoms with Crippen LogP contribution in [0.15, 0.2) is 158 Å². The van der Waals surface area contributed by atoms with Gasteiger partial charge in [-0.3, -0.25) is 14.4 Å². The normalized spacial score (nSPS) is 13.2. The lowest BCUT2D eigenvalue weighted by Gasteiger charge is -2.18. The third kappa shape index (κ3) is 61.9. The number of unbranched alkanes of at least 4 members (excludes halogenated alkanes) is 18. The Morgan fingerprint density at radius 1 is 0.269 bits per heavy atom. The highest BCUT2D eigenvalue weighted by Gasteiger charge is 2.19. The van der Waals surface area contributed by atoms with Gasteiger partial charge in [-0.15, -0.1) is 0 Å². The Morgan fingerprint density at radius 3 is 0.821 bits per heavy atom. The van der Waals surface area contributed by atoms with Crippen LogP contribution in [0.4, 0.5) is 0 Å². The molecule has 0 saturated carbocycles. The summed E-state index contributed by atoms with van der Waals surface area (Å²) in [5, 5.41) is 0. The van der Waals surface area contributed by atoms with Gasteiger partial charge < -0.3 is 14.2 Å². The summed E-state index contributed by atoms with van der Waals surface area (Å²) in [4.78, 5) is 38.1. The van der Waals surface area contributed by atoms with Gasteiger partial charge in [0.05, 0.1) is 0 Å². The molecule has 0 N–H and O–H groups in total. The summed E-state index contributed by atoms with van der Waals surface area (Å²) >= 11 is 0. The second-order valence-corrected chi connectivity index (χ2v) is 20.2. The Balaban J connectivity index is 4.21. The predicted octanol–water partition coefficient (Wildman–Crippen LogP) is 21.7. The van der Waals surface area contributed by atoms with Gasteiger partial charge in [-0.2, -0.15) is 0 Å². The van der Waals surface area contributed by atoms with Crippen LogP contribution in [0.3, 0.4) is 0 Å². The van der Waals surface area contributed by atoms with Crippen molar-refractivity contribution in [1.29, 1.82) is 0 Å². The summed E-state index contributed by atoms with van der Waals surface area (Å²) < 4.78 is 16.8. The maximum Gasteiger partial charge on any atom is 0.306 e. The zero-order chi connectivity index (χ0) is 56.4. The minimum Gasteiger partial charge on any atom is -0.462 e. The standard InChI is InChI=1S/C72H114O6/c1-4-7-10-13-16-19-22-24-26-27-28-29-30-31-32-33-34-35-36-37-38-39-40-41-42-43-44-45-47-48-50-53-56-59-62-65-71(74)77-68-69(67-76-70(73)64-61-58-55-52-21-18-15-12-9-6-3)78-72(75)66-63-60-57-54-51-49-46-25-23-20-17-14-11-8-5-2/h7-8,10-12,15-17,19-20,24-26,28-29,31-32,34-35,37-38,40-41,46,51,54,69H,4-6,9,13-14,18,21-23,27,30,33,36,39,42-45,47-50,52-53,55-68H2,1-3H3/b10-7-,11-8-,15-12-,19-16-,20-17-,26-24-,29-28-,32-31-,35-34-,38-37-,41-40-,46-25-,54-51-. The van der Waals surface area contributed by atoms with Gasteiger partial charge >= 0.3 is 17.9 Å². The maximum atomic E-state index is 12.8. The molecule has 0 aliphatic rings. The Hall–Kier alpha value is -4.97. The van der Waals surface area contributed by atoms with E-state index in [0.717, 1.165) is 154 Å². The summed E-state index contributed by atoms with van der Waals surface area (Å²) in [6.45, 7) is 6.29. The first kappa shape index (κ1) is 73.0. The van der Waals surface area contributed by atoms with Crippen molar-refractivity contribution < 1.29 is 28.6 Å². The van der Waals surface area contributed by atoms with E-state index in [1.165, 1.54) is 57.8 Å². The molecule has 6 nitrogen and oxygen atoms in total. The molecule has 438 valence electrons. The van der Waals surface area contributed by atoms with Crippen LogP contribution in [0.2, 0.25) is 0 Å². The first-order valence-electron chi connectivity index (χ1n) is 31.5. The number of hydrogen-bond acceptors (Lipinski definition) is 6. The molecule has 0 fully saturated rings. The van der Waals surface area contributed by atoms with Gasteiger partial charge in [0.25, 0.3) is 0 Å². The molecule has 1 unspecified atom stereocenters. The second-order valence-electron chi connectivity index (χ2n) is 20.2. The molecule has 0 aliphatic heterocycles. The Bertz CT molecular complexity index is 1760. The smallest absolute Gasteiger partial charge is 0.306 e. The van der Waals surface area contributed by atoms with Gasteiger partial charge in [0.2, 0.25) is 0 Å². The third-order valence-corrected chi connectivity index (χ3v) is 12.7. The number of carbonyl (C=O) groups is 3. The van der Waals surface area contributed by atoms with Gasteiger partial charge in [-0.05, 0) is 141 Å². The van der Waals surface area contributed by atoms with E-state index in [-0.39, 0.29) is 37.5 Å². The predicted molar refractivity (Wildman–Crippen MR) is 338 cm³/mol. The van der Waals surface area contributed by atoms with Crippen LogP contribution in [0.5, 0.6) is 0 Å². The molecule has 0 bridgehead atoms. The van der Waals surface area contributed by atoms with Gasteiger partial charge in [0.1, 0.15) is 13.2 Å². The molecule has 6 heteroatoms. The third-order valence-electron chi connectivity index (χ3n) is 12.7. The lowest BCUT2D eigenvalue weighted by Crippen LogP contribution is -2.30. The molecule has 78 heavy (non-hydrogen) atoms. The number of rotatable bonds is 55. The maximum absolute atomic E-state index is 12.8. The summed E-state index contributed by atoms with van der Waals surface area (Å²) in [5.41, 5.74) is 0. The van der Waals surface area contributed by atoms with E-state index >= 15 is 0 Å². The van der Waals surface area contributed by atoms with Crippen LogP contribution in [0.1, 0.15) is 258 Å². The lowest BCUT2D eigenvalue weighted by atomic mass is 10.1. The lowest BCUT2D eigenvalue weighted by molar-refractivity contribution is -0.167. The molecule has 0 aromatic carbocycles. The van der Waals surface area contributed by atoms with Crippen LogP contribution in [-0.2, 0) is 28.6 Å². The average Bonchev–Trinajstić information content (AvgIpc) is 3.44. The van der Waals surface area contributed by atoms with Crippen LogP contribution in [0, 0.1) is 0 Å². The van der Waals surface area contributed by atoms with Gasteiger partial charge in [-0.25, -0.2) is 0 Å². The number of carbonyl (C=O) groups excluding carboxylic acids is 3. The van der Waals surface area contributed by atoms with E-state index in [9.17, 15) is 14.4 Å². The molecule has 0 radical (unpaired) electrons. The monoisotopic (exact) mass is 1070 g/mol. The second kappa shape index (κ2) is 64.6. The van der Waals surface area contributed by atoms with E-state index in [1.807, 2.05) is 0 Å². The fourth-order valence-electron chi connectivity index (χ4n) is 8.10. The van der Waals surface area contributed by atoms with Crippen molar-refractivity contribution in [2.75, 3.05) is 13.2 Å². The van der Waals surface area contributed by atoms with Crippen molar-refractivity contribution >= 4 is 17.9 Å². The molecule has 0 aromatic rings. The number of esters is 3. The average molecular weight is 1080 g/mol. The van der Waals surface area contributed by atoms with Crippen molar-refractivity contribution in [2.24, 2.45) is 0 Å². The number of hydrogen-bond donors (Lipinski definition) is 0. The fourth-order valence-corrected chi connectivity index (χ4v) is 8.10. The molecule has 0 aliphatic carbocycles. The van der Waals surface area contributed by atoms with Crippen molar-refractivity contribution in [3.63, 3.8) is 0 Å². The molecule has 0 rings (SSSR count). The summed E-state index contributed by atoms with van der Waals surface area (Å²) in [6.07, 6.45) is 94.1. The van der Waals surface area contributed by atoms with Crippen molar-refractivity contribution in [1.82, 2.24) is 0 Å². The van der Waals surface area contributed by atoms with Gasteiger partial charge in [0.15, 0.2) is 6.10 Å². The molecule has 0 heterocycles. The zero-order valence-electron chi connectivity index (χ0n) is 50.1. The Labute approximate surface area is 480 Å². The van der Waals surface area contributed by atoms with Crippen molar-refractivity contribution in [3.8, 4) is 0 Å². The molecule has 0 saturated heterocycles. The van der Waals surface area contributed by atoms with Crippen LogP contribution in [-0.4, -0.2) is 37.2 Å². The van der Waals surface area contributed by atoms with Crippen LogP contribution < -0.4 is 0 Å². The first-order chi connectivity index (χ1) is 38.5. The molecular weight excluding hydrogens is 961 g/mol. The highest BCUT2D eigenvalue weighted by Crippen LogP contribution is 2.14. The fraction of sp³-hybridized carbons (Fsp3) is 0.597. The quantitative estimate of drug-likeness (QED) is 0.0261. The number of ether oxygens (including phenoxy) is 3. The van der Waals surface area contributed by atoms with Crippen LogP contribution in [0.25, 0.3) is 0 Å². The van der Waals surface area contributed by atoms with E-state index in [4.69, 9.17) is 14.2 Å². The largest absolute Gasteiger partial charge is 0.462 e. The zero-order valence-corrected chi connectivity index (χ0v) is 50.1. The minimum absolute atomic E-state index is 0.105. The highest BCUT2D eigenvalue weighted by molar-refractivity contribution is 5.71. The van der Waals surface area contributed by atoms with Crippen molar-refractivity contribution in [3.05, 3.63) is 158 Å². The molecular formula is C72H114O6. The van der Waals surface area contributed by atoms with E-state index in [2.05, 4.69) is 179 Å². The number of allylic oxidation sites excluding steroid dienone is 26. The SMILES string of the molecule is CC/C=C\C/C=C\C/C=C\C/C=C\C/C=C\C/C=C\C/C=C\C/C=C\CCCCCCCCCCCCC(=O)OCC(COC(=O)CCCCCCC/C=C\CCC)OC(=O)CCCC/C=C\C/C=C\C/C=C\C/C=C\CC. The summed E-state index contributed by atoms with van der Waals surface area (Å²) in [7, 11) is 0. The summed E-state index contributed by atoms with van der Waals surface area (Å²) in [5.74, 6) is -0.967. The highest BCUT2D eigenvalue weighted by atomic mass is 16.6.